The molecule has 24 heavy (non-hydrogen) atoms. The number of nitrogens with zero attached hydrogens (tertiary/aromatic N) is 3. The fourth-order valence-corrected chi connectivity index (χ4v) is 2.52. The van der Waals surface area contributed by atoms with Crippen LogP contribution in [0.3, 0.4) is 0 Å². The monoisotopic (exact) mass is 337 g/mol. The molecule has 1 amide bonds. The minimum atomic E-state index is -0.785. The molecule has 0 radical (unpaired) electrons. The van der Waals surface area contributed by atoms with E-state index in [9.17, 15) is 9.59 Å². The highest BCUT2D eigenvalue weighted by Crippen LogP contribution is 2.06. The van der Waals surface area contributed by atoms with Gasteiger partial charge in [0.15, 0.2) is 0 Å². The number of piperazine rings is 1. The number of carboxylic acid groups (broad SMARTS) is 1. The molecule has 8 nitrogen and oxygen atoms in total. The summed E-state index contributed by atoms with van der Waals surface area (Å²) in [4.78, 5) is 26.6. The van der Waals surface area contributed by atoms with Crippen molar-refractivity contribution < 1.29 is 14.7 Å². The Balaban J connectivity index is 2.30. The molecule has 0 saturated carbocycles. The quantitative estimate of drug-likeness (QED) is 0.285. The van der Waals surface area contributed by atoms with Crippen LogP contribution in [0.15, 0.2) is 11.8 Å². The smallest absolute Gasteiger partial charge is 0.303 e. The fourth-order valence-electron chi connectivity index (χ4n) is 2.52. The molecule has 8 heteroatoms. The maximum Gasteiger partial charge on any atom is 0.303 e. The van der Waals surface area contributed by atoms with Crippen LogP contribution in [0.4, 0.5) is 0 Å². The molecule has 4 N–H and O–H groups in total. The highest BCUT2D eigenvalue weighted by Gasteiger charge is 2.23. The van der Waals surface area contributed by atoms with E-state index < -0.39 is 5.97 Å². The van der Waals surface area contributed by atoms with Crippen molar-refractivity contribution >= 4 is 11.9 Å². The number of nitrogens with one attached hydrogen (secondary N) is 1. The summed E-state index contributed by atoms with van der Waals surface area (Å²) in [5.74, 6) is -1.03. The number of aliphatic carboxylic acids is 1. The number of unbranched alkanes of at least 4 members (excludes halogenated alkanes) is 2. The second kappa shape index (κ2) is 11.4. The Bertz CT molecular complexity index is 479. The van der Waals surface area contributed by atoms with Gasteiger partial charge in [0.1, 0.15) is 11.6 Å². The molecule has 1 rings (SSSR count). The third kappa shape index (κ3) is 7.44. The first-order chi connectivity index (χ1) is 11.6. The van der Waals surface area contributed by atoms with Gasteiger partial charge in [0, 0.05) is 58.4 Å². The molecule has 0 unspecified atom stereocenters. The maximum absolute atomic E-state index is 12.3. The second-order valence-electron chi connectivity index (χ2n) is 5.75. The average molecular weight is 337 g/mol. The molecule has 0 aromatic rings. The lowest BCUT2D eigenvalue weighted by Crippen LogP contribution is -2.50. The topological polar surface area (TPSA) is 123 Å². The number of nitriles is 1. The second-order valence-corrected chi connectivity index (χ2v) is 5.75. The molecule has 0 atom stereocenters. The lowest BCUT2D eigenvalue weighted by atomic mass is 10.2. The number of amides is 1. The molecule has 134 valence electrons. The van der Waals surface area contributed by atoms with E-state index in [2.05, 4.69) is 10.2 Å². The van der Waals surface area contributed by atoms with Crippen LogP contribution in [-0.4, -0.2) is 72.6 Å². The Morgan fingerprint density at radius 1 is 1.21 bits per heavy atom. The van der Waals surface area contributed by atoms with E-state index in [1.807, 2.05) is 6.07 Å². The van der Waals surface area contributed by atoms with Crippen molar-refractivity contribution in [2.45, 2.75) is 25.7 Å². The number of carboxylic acids is 1. The fraction of sp³-hybridized carbons (Fsp3) is 0.688. The van der Waals surface area contributed by atoms with Gasteiger partial charge in [-0.2, -0.15) is 5.26 Å². The average Bonchev–Trinajstić information content (AvgIpc) is 2.57. The summed E-state index contributed by atoms with van der Waals surface area (Å²) in [5.41, 5.74) is 5.63. The first-order valence-corrected chi connectivity index (χ1v) is 8.35. The summed E-state index contributed by atoms with van der Waals surface area (Å²) in [6.45, 7) is 4.81. The van der Waals surface area contributed by atoms with E-state index in [4.69, 9.17) is 16.1 Å². The van der Waals surface area contributed by atoms with E-state index >= 15 is 0 Å². The van der Waals surface area contributed by atoms with Gasteiger partial charge < -0.3 is 21.1 Å². The van der Waals surface area contributed by atoms with Crippen molar-refractivity contribution in [2.75, 3.05) is 45.8 Å². The minimum absolute atomic E-state index is 0.104. The van der Waals surface area contributed by atoms with Crippen LogP contribution >= 0.6 is 0 Å². The van der Waals surface area contributed by atoms with Crippen molar-refractivity contribution in [1.29, 1.82) is 5.26 Å². The van der Waals surface area contributed by atoms with E-state index in [1.54, 1.807) is 4.90 Å². The molecule has 0 aliphatic carbocycles. The SMILES string of the molecule is N#C/C(=C/NCCCCCC(=O)O)C(=O)N1CCN(CCN)CC1. The Morgan fingerprint density at radius 3 is 2.50 bits per heavy atom. The van der Waals surface area contributed by atoms with Gasteiger partial charge in [-0.15, -0.1) is 0 Å². The molecule has 1 heterocycles. The minimum Gasteiger partial charge on any atom is -0.481 e. The van der Waals surface area contributed by atoms with E-state index in [1.165, 1.54) is 6.20 Å². The van der Waals surface area contributed by atoms with Gasteiger partial charge in [-0.1, -0.05) is 6.42 Å². The van der Waals surface area contributed by atoms with Gasteiger partial charge >= 0.3 is 5.97 Å². The van der Waals surface area contributed by atoms with Crippen LogP contribution in [-0.2, 0) is 9.59 Å². The van der Waals surface area contributed by atoms with Gasteiger partial charge in [-0.3, -0.25) is 14.5 Å². The van der Waals surface area contributed by atoms with Gasteiger partial charge in [0.2, 0.25) is 0 Å². The predicted octanol–water partition coefficient (Wildman–Crippen LogP) is -0.269. The summed E-state index contributed by atoms with van der Waals surface area (Å²) in [6, 6.07) is 1.95. The van der Waals surface area contributed by atoms with Crippen LogP contribution in [0.25, 0.3) is 0 Å². The van der Waals surface area contributed by atoms with Crippen molar-refractivity contribution in [2.24, 2.45) is 5.73 Å². The standard InChI is InChI=1S/C16H27N5O3/c17-5-7-20-8-10-21(11-9-20)16(24)14(12-18)13-19-6-3-1-2-4-15(22)23/h13,19H,1-11,17H2,(H,22,23)/b14-13-. The summed E-state index contributed by atoms with van der Waals surface area (Å²) >= 11 is 0. The molecule has 0 bridgehead atoms. The molecule has 1 fully saturated rings. The number of rotatable bonds is 10. The summed E-state index contributed by atoms with van der Waals surface area (Å²) < 4.78 is 0. The molecule has 1 saturated heterocycles. The maximum atomic E-state index is 12.3. The zero-order chi connectivity index (χ0) is 17.8. The largest absolute Gasteiger partial charge is 0.481 e. The molecule has 1 aliphatic heterocycles. The van der Waals surface area contributed by atoms with Gasteiger partial charge in [-0.25, -0.2) is 0 Å². The first-order valence-electron chi connectivity index (χ1n) is 8.35. The number of carbonyl (C=O) groups is 2. The number of hydrogen-bond donors (Lipinski definition) is 3. The van der Waals surface area contributed by atoms with Crippen LogP contribution < -0.4 is 11.1 Å². The van der Waals surface area contributed by atoms with Crippen molar-refractivity contribution in [3.05, 3.63) is 11.8 Å². The van der Waals surface area contributed by atoms with Crippen molar-refractivity contribution in [1.82, 2.24) is 15.1 Å². The first kappa shape index (κ1) is 19.9. The number of hydrogen-bond acceptors (Lipinski definition) is 6. The van der Waals surface area contributed by atoms with Crippen LogP contribution in [0.2, 0.25) is 0 Å². The van der Waals surface area contributed by atoms with Crippen LogP contribution in [0, 0.1) is 11.3 Å². The van der Waals surface area contributed by atoms with Gasteiger partial charge in [0.05, 0.1) is 0 Å². The van der Waals surface area contributed by atoms with Gasteiger partial charge in [-0.05, 0) is 12.8 Å². The molecule has 0 aromatic carbocycles. The van der Waals surface area contributed by atoms with E-state index in [-0.39, 0.29) is 17.9 Å². The summed E-state index contributed by atoms with van der Waals surface area (Å²) in [6.07, 6.45) is 3.87. The zero-order valence-corrected chi connectivity index (χ0v) is 14.0. The predicted molar refractivity (Wildman–Crippen MR) is 89.9 cm³/mol. The number of nitrogens with two attached hydrogens (primary N) is 1. The highest BCUT2D eigenvalue weighted by molar-refractivity contribution is 5.97. The molecule has 1 aliphatic rings. The molecule has 0 spiro atoms. The molecular formula is C16H27N5O3. The Labute approximate surface area is 142 Å². The summed E-state index contributed by atoms with van der Waals surface area (Å²) in [5, 5.41) is 20.7. The third-order valence-electron chi connectivity index (χ3n) is 3.91. The van der Waals surface area contributed by atoms with E-state index in [0.29, 0.717) is 32.6 Å². The van der Waals surface area contributed by atoms with E-state index in [0.717, 1.165) is 32.5 Å². The molecule has 0 aromatic heterocycles. The zero-order valence-electron chi connectivity index (χ0n) is 14.0. The Hall–Kier alpha value is -2.11. The van der Waals surface area contributed by atoms with Gasteiger partial charge in [0.25, 0.3) is 5.91 Å². The van der Waals surface area contributed by atoms with Crippen LogP contribution in [0.1, 0.15) is 25.7 Å². The van der Waals surface area contributed by atoms with Crippen LogP contribution in [0.5, 0.6) is 0 Å². The highest BCUT2D eigenvalue weighted by atomic mass is 16.4. The normalized spacial score (nSPS) is 15.8. The Kier molecular flexibility index (Phi) is 9.49. The van der Waals surface area contributed by atoms with Crippen molar-refractivity contribution in [3.8, 4) is 6.07 Å². The lowest BCUT2D eigenvalue weighted by molar-refractivity contribution is -0.137. The summed E-state index contributed by atoms with van der Waals surface area (Å²) in [7, 11) is 0. The lowest BCUT2D eigenvalue weighted by Gasteiger charge is -2.34. The third-order valence-corrected chi connectivity index (χ3v) is 3.91. The Morgan fingerprint density at radius 2 is 1.92 bits per heavy atom. The van der Waals surface area contributed by atoms with Crippen molar-refractivity contribution in [3.63, 3.8) is 0 Å². The number of carbonyl (C=O) groups excluding carboxylic acids is 1. The molecular weight excluding hydrogens is 310 g/mol.